The average Bonchev–Trinajstić information content (AvgIpc) is 2.53. The van der Waals surface area contributed by atoms with Crippen molar-refractivity contribution in [1.29, 1.82) is 0 Å². The first-order chi connectivity index (χ1) is 10.6. The molecule has 0 aliphatic heterocycles. The molecule has 3 nitrogen and oxygen atoms in total. The minimum absolute atomic E-state index is 0.0292. The fourth-order valence-corrected chi connectivity index (χ4v) is 2.57. The summed E-state index contributed by atoms with van der Waals surface area (Å²) in [5.41, 5.74) is 2.93. The molecule has 3 heteroatoms. The Hall–Kier alpha value is -2.81. The number of nitrogens with zero attached hydrogens (tertiary/aromatic N) is 1. The molecule has 0 unspecified atom stereocenters. The number of fused-ring (bicyclic) bond motifs is 1. The van der Waals surface area contributed by atoms with Crippen LogP contribution in [0.15, 0.2) is 60.7 Å². The number of aromatic hydroxyl groups is 1. The summed E-state index contributed by atoms with van der Waals surface area (Å²) in [6, 6.07) is 19.3. The van der Waals surface area contributed by atoms with Crippen molar-refractivity contribution in [2.75, 3.05) is 11.9 Å². The largest absolute Gasteiger partial charge is 0.508 e. The molecule has 3 aromatic rings. The highest BCUT2D eigenvalue weighted by Crippen LogP contribution is 2.34. The van der Waals surface area contributed by atoms with Crippen molar-refractivity contribution in [1.82, 2.24) is 0 Å². The molecule has 0 radical (unpaired) electrons. The lowest BCUT2D eigenvalue weighted by molar-refractivity contribution is -0.116. The quantitative estimate of drug-likeness (QED) is 0.769. The Morgan fingerprint density at radius 3 is 2.41 bits per heavy atom. The van der Waals surface area contributed by atoms with Gasteiger partial charge in [0.15, 0.2) is 0 Å². The molecule has 22 heavy (non-hydrogen) atoms. The van der Waals surface area contributed by atoms with E-state index in [-0.39, 0.29) is 11.7 Å². The van der Waals surface area contributed by atoms with E-state index in [1.54, 1.807) is 24.1 Å². The van der Waals surface area contributed by atoms with Gasteiger partial charge in [0.2, 0.25) is 5.91 Å². The summed E-state index contributed by atoms with van der Waals surface area (Å²) < 4.78 is 0. The molecule has 1 amide bonds. The number of carbonyl (C=O) groups is 1. The number of benzene rings is 3. The zero-order valence-corrected chi connectivity index (χ0v) is 12.6. The van der Waals surface area contributed by atoms with Crippen LogP contribution < -0.4 is 4.90 Å². The van der Waals surface area contributed by atoms with Gasteiger partial charge in [-0.3, -0.25) is 4.79 Å². The predicted octanol–water partition coefficient (Wildman–Crippen LogP) is 4.20. The predicted molar refractivity (Wildman–Crippen MR) is 90.1 cm³/mol. The van der Waals surface area contributed by atoms with Gasteiger partial charge in [0.1, 0.15) is 5.75 Å². The highest BCUT2D eigenvalue weighted by atomic mass is 16.3. The number of anilines is 1. The van der Waals surface area contributed by atoms with Gasteiger partial charge in [-0.1, -0.05) is 36.4 Å². The highest BCUT2D eigenvalue weighted by molar-refractivity contribution is 6.02. The van der Waals surface area contributed by atoms with E-state index in [9.17, 15) is 9.90 Å². The van der Waals surface area contributed by atoms with E-state index in [0.29, 0.717) is 0 Å². The van der Waals surface area contributed by atoms with Crippen LogP contribution in [0.2, 0.25) is 0 Å². The second-order valence-electron chi connectivity index (χ2n) is 5.34. The SMILES string of the molecule is CC(=O)N(C)c1cc(-c2ccccc2)c2ccc(O)cc2c1. The van der Waals surface area contributed by atoms with E-state index < -0.39 is 0 Å². The van der Waals surface area contributed by atoms with Gasteiger partial charge in [0.05, 0.1) is 0 Å². The number of phenolic OH excluding ortho intramolecular Hbond substituents is 1. The van der Waals surface area contributed by atoms with E-state index in [1.165, 1.54) is 6.92 Å². The standard InChI is InChI=1S/C19H17NO2/c1-13(21)20(2)16-10-15-11-17(22)8-9-18(15)19(12-16)14-6-4-3-5-7-14/h3-12,22H,1-2H3. The zero-order valence-electron chi connectivity index (χ0n) is 12.6. The van der Waals surface area contributed by atoms with Crippen molar-refractivity contribution in [3.05, 3.63) is 60.7 Å². The van der Waals surface area contributed by atoms with Gasteiger partial charge in [-0.05, 0) is 46.2 Å². The first-order valence-electron chi connectivity index (χ1n) is 7.13. The lowest BCUT2D eigenvalue weighted by Gasteiger charge is -2.18. The van der Waals surface area contributed by atoms with Crippen molar-refractivity contribution < 1.29 is 9.90 Å². The number of hydrogen-bond acceptors (Lipinski definition) is 2. The van der Waals surface area contributed by atoms with Crippen LogP contribution in [0, 0.1) is 0 Å². The molecule has 0 spiro atoms. The van der Waals surface area contributed by atoms with Crippen molar-refractivity contribution in [2.24, 2.45) is 0 Å². The number of rotatable bonds is 2. The number of carbonyl (C=O) groups excluding carboxylic acids is 1. The first kappa shape index (κ1) is 14.1. The molecule has 3 rings (SSSR count). The molecule has 0 bridgehead atoms. The molecule has 0 heterocycles. The fourth-order valence-electron chi connectivity index (χ4n) is 2.57. The maximum absolute atomic E-state index is 11.7. The van der Waals surface area contributed by atoms with Crippen molar-refractivity contribution in [3.8, 4) is 16.9 Å². The maximum atomic E-state index is 11.7. The van der Waals surface area contributed by atoms with Gasteiger partial charge in [-0.2, -0.15) is 0 Å². The molecule has 110 valence electrons. The van der Waals surface area contributed by atoms with Gasteiger partial charge in [0, 0.05) is 19.7 Å². The van der Waals surface area contributed by atoms with Crippen LogP contribution in [0.4, 0.5) is 5.69 Å². The van der Waals surface area contributed by atoms with E-state index in [2.05, 4.69) is 0 Å². The monoisotopic (exact) mass is 291 g/mol. The first-order valence-corrected chi connectivity index (χ1v) is 7.13. The van der Waals surface area contributed by atoms with E-state index in [0.717, 1.165) is 27.6 Å². The van der Waals surface area contributed by atoms with Crippen LogP contribution in [-0.2, 0) is 4.79 Å². The van der Waals surface area contributed by atoms with Crippen molar-refractivity contribution >= 4 is 22.4 Å². The fraction of sp³-hybridized carbons (Fsp3) is 0.105. The molecule has 0 aromatic heterocycles. The van der Waals surface area contributed by atoms with Crippen LogP contribution in [-0.4, -0.2) is 18.1 Å². The summed E-state index contributed by atoms with van der Waals surface area (Å²) in [7, 11) is 1.75. The Kier molecular flexibility index (Phi) is 3.55. The summed E-state index contributed by atoms with van der Waals surface area (Å²) in [5, 5.41) is 11.7. The molecule has 0 aliphatic rings. The van der Waals surface area contributed by atoms with Crippen molar-refractivity contribution in [3.63, 3.8) is 0 Å². The van der Waals surface area contributed by atoms with Gasteiger partial charge in [-0.25, -0.2) is 0 Å². The number of hydrogen-bond donors (Lipinski definition) is 1. The molecule has 0 aliphatic carbocycles. The molecule has 1 N–H and O–H groups in total. The number of amides is 1. The van der Waals surface area contributed by atoms with Gasteiger partial charge in [0.25, 0.3) is 0 Å². The summed E-state index contributed by atoms with van der Waals surface area (Å²) in [4.78, 5) is 13.3. The Balaban J connectivity index is 2.31. The normalized spacial score (nSPS) is 10.6. The molecule has 0 saturated carbocycles. The molecule has 3 aromatic carbocycles. The summed E-state index contributed by atoms with van der Waals surface area (Å²) >= 11 is 0. The lowest BCUT2D eigenvalue weighted by Crippen LogP contribution is -2.22. The average molecular weight is 291 g/mol. The third kappa shape index (κ3) is 2.53. The molecule has 0 saturated heterocycles. The number of phenols is 1. The molecule has 0 atom stereocenters. The second-order valence-corrected chi connectivity index (χ2v) is 5.34. The van der Waals surface area contributed by atoms with E-state index in [4.69, 9.17) is 0 Å². The Morgan fingerprint density at radius 1 is 1.00 bits per heavy atom. The van der Waals surface area contributed by atoms with Crippen LogP contribution in [0.25, 0.3) is 21.9 Å². The Bertz CT molecular complexity index is 841. The smallest absolute Gasteiger partial charge is 0.223 e. The van der Waals surface area contributed by atoms with E-state index in [1.807, 2.05) is 48.5 Å². The third-order valence-electron chi connectivity index (χ3n) is 3.87. The molecule has 0 fully saturated rings. The molecular formula is C19H17NO2. The summed E-state index contributed by atoms with van der Waals surface area (Å²) in [5.74, 6) is 0.188. The molecular weight excluding hydrogens is 274 g/mol. The van der Waals surface area contributed by atoms with Gasteiger partial charge >= 0.3 is 0 Å². The van der Waals surface area contributed by atoms with Crippen LogP contribution in [0.5, 0.6) is 5.75 Å². The summed E-state index contributed by atoms with van der Waals surface area (Å²) in [6.45, 7) is 1.54. The Labute approximate surface area is 129 Å². The minimum Gasteiger partial charge on any atom is -0.508 e. The van der Waals surface area contributed by atoms with E-state index >= 15 is 0 Å². The van der Waals surface area contributed by atoms with Crippen molar-refractivity contribution in [2.45, 2.75) is 6.92 Å². The van der Waals surface area contributed by atoms with Crippen LogP contribution >= 0.6 is 0 Å². The maximum Gasteiger partial charge on any atom is 0.223 e. The second kappa shape index (κ2) is 5.53. The topological polar surface area (TPSA) is 40.5 Å². The summed E-state index contributed by atoms with van der Waals surface area (Å²) in [6.07, 6.45) is 0. The minimum atomic E-state index is -0.0292. The van der Waals surface area contributed by atoms with Gasteiger partial charge in [-0.15, -0.1) is 0 Å². The Morgan fingerprint density at radius 2 is 1.73 bits per heavy atom. The zero-order chi connectivity index (χ0) is 15.7. The highest BCUT2D eigenvalue weighted by Gasteiger charge is 2.11. The van der Waals surface area contributed by atoms with Gasteiger partial charge < -0.3 is 10.0 Å². The third-order valence-corrected chi connectivity index (χ3v) is 3.87. The van der Waals surface area contributed by atoms with Crippen LogP contribution in [0.1, 0.15) is 6.92 Å². The van der Waals surface area contributed by atoms with Crippen LogP contribution in [0.3, 0.4) is 0 Å². The lowest BCUT2D eigenvalue weighted by atomic mass is 9.97.